The van der Waals surface area contributed by atoms with Crippen molar-refractivity contribution in [1.82, 2.24) is 5.32 Å². The second kappa shape index (κ2) is 8.95. The van der Waals surface area contributed by atoms with Gasteiger partial charge in [-0.2, -0.15) is 0 Å². The third-order valence-corrected chi connectivity index (χ3v) is 6.34. The fourth-order valence-electron chi connectivity index (χ4n) is 4.71. The van der Waals surface area contributed by atoms with Crippen LogP contribution in [0.4, 0.5) is 0 Å². The van der Waals surface area contributed by atoms with E-state index in [0.29, 0.717) is 29.0 Å². The standard InChI is InChI=1S/C27H28ClNO3/c1-17-23(26(31)32-13-12-18-8-5-4-6-9-18)24(19-10-7-11-20(28)14-19)25-21(29-17)15-27(2,3)16-22(25)30/h4-11,14,24,29H,12-13,15-16H2,1-3H3. The van der Waals surface area contributed by atoms with Crippen LogP contribution in [0.25, 0.3) is 0 Å². The molecule has 1 atom stereocenters. The number of Topliss-reactive ketones (excluding diaryl/α,β-unsaturated/α-hetero) is 1. The molecule has 2 aromatic carbocycles. The molecule has 1 N–H and O–H groups in total. The SMILES string of the molecule is CC1=C(C(=O)OCCc2ccccc2)C(c2cccc(Cl)c2)C2=C(CC(C)(C)CC2=O)N1. The summed E-state index contributed by atoms with van der Waals surface area (Å²) in [6.07, 6.45) is 1.83. The van der Waals surface area contributed by atoms with Crippen molar-refractivity contribution in [1.29, 1.82) is 0 Å². The Labute approximate surface area is 194 Å². The van der Waals surface area contributed by atoms with Gasteiger partial charge in [-0.15, -0.1) is 0 Å². The van der Waals surface area contributed by atoms with E-state index < -0.39 is 11.9 Å². The van der Waals surface area contributed by atoms with Gasteiger partial charge in [0.2, 0.25) is 0 Å². The number of ketones is 1. The summed E-state index contributed by atoms with van der Waals surface area (Å²) in [7, 11) is 0. The Hall–Kier alpha value is -2.85. The molecular formula is C27H28ClNO3. The third kappa shape index (κ3) is 4.66. The first-order chi connectivity index (χ1) is 15.2. The summed E-state index contributed by atoms with van der Waals surface area (Å²) in [4.78, 5) is 26.6. The van der Waals surface area contributed by atoms with Gasteiger partial charge < -0.3 is 10.1 Å². The van der Waals surface area contributed by atoms with Crippen molar-refractivity contribution >= 4 is 23.4 Å². The van der Waals surface area contributed by atoms with E-state index in [1.54, 1.807) is 6.07 Å². The Morgan fingerprint density at radius 3 is 2.59 bits per heavy atom. The molecule has 32 heavy (non-hydrogen) atoms. The van der Waals surface area contributed by atoms with E-state index in [-0.39, 0.29) is 17.8 Å². The number of carbonyl (C=O) groups is 2. The maximum absolute atomic E-state index is 13.3. The monoisotopic (exact) mass is 449 g/mol. The molecule has 0 saturated carbocycles. The average molecular weight is 450 g/mol. The summed E-state index contributed by atoms with van der Waals surface area (Å²) in [5.74, 6) is -0.825. The van der Waals surface area contributed by atoms with Crippen LogP contribution in [-0.2, 0) is 20.7 Å². The molecule has 0 bridgehead atoms. The van der Waals surface area contributed by atoms with Crippen LogP contribution in [0.15, 0.2) is 77.1 Å². The highest BCUT2D eigenvalue weighted by molar-refractivity contribution is 6.30. The van der Waals surface area contributed by atoms with Gasteiger partial charge in [-0.05, 0) is 42.0 Å². The fourth-order valence-corrected chi connectivity index (χ4v) is 4.91. The zero-order chi connectivity index (χ0) is 22.9. The minimum Gasteiger partial charge on any atom is -0.462 e. The molecule has 0 spiro atoms. The zero-order valence-electron chi connectivity index (χ0n) is 18.7. The van der Waals surface area contributed by atoms with Gasteiger partial charge in [0, 0.05) is 40.7 Å². The lowest BCUT2D eigenvalue weighted by Gasteiger charge is -2.39. The summed E-state index contributed by atoms with van der Waals surface area (Å²) in [5, 5.41) is 3.93. The number of hydrogen-bond donors (Lipinski definition) is 1. The highest BCUT2D eigenvalue weighted by Gasteiger charge is 2.43. The van der Waals surface area contributed by atoms with E-state index in [9.17, 15) is 9.59 Å². The number of ether oxygens (including phenoxy) is 1. The summed E-state index contributed by atoms with van der Waals surface area (Å²) in [5.41, 5.74) is 4.57. The van der Waals surface area contributed by atoms with Gasteiger partial charge in [-0.1, -0.05) is 67.9 Å². The second-order valence-corrected chi connectivity index (χ2v) is 9.79. The van der Waals surface area contributed by atoms with Crippen LogP contribution in [0.3, 0.4) is 0 Å². The van der Waals surface area contributed by atoms with Crippen molar-refractivity contribution in [2.75, 3.05) is 6.61 Å². The summed E-state index contributed by atoms with van der Waals surface area (Å²) in [6.45, 7) is 6.34. The lowest BCUT2D eigenvalue weighted by molar-refractivity contribution is -0.139. The van der Waals surface area contributed by atoms with Crippen molar-refractivity contribution in [3.63, 3.8) is 0 Å². The average Bonchev–Trinajstić information content (AvgIpc) is 2.72. The number of carbonyl (C=O) groups excluding carboxylic acids is 2. The van der Waals surface area contributed by atoms with Gasteiger partial charge in [0.05, 0.1) is 12.2 Å². The molecule has 4 rings (SSSR count). The number of nitrogens with one attached hydrogen (secondary N) is 1. The molecule has 4 nitrogen and oxygen atoms in total. The Morgan fingerprint density at radius 2 is 1.88 bits per heavy atom. The first kappa shape index (κ1) is 22.3. The molecule has 1 unspecified atom stereocenters. The van der Waals surface area contributed by atoms with E-state index in [1.165, 1.54) is 0 Å². The van der Waals surface area contributed by atoms with Gasteiger partial charge in [-0.25, -0.2) is 4.79 Å². The van der Waals surface area contributed by atoms with Crippen molar-refractivity contribution in [2.24, 2.45) is 5.41 Å². The number of dihydropyridines is 1. The zero-order valence-corrected chi connectivity index (χ0v) is 19.5. The molecule has 0 fully saturated rings. The molecule has 1 aliphatic carbocycles. The van der Waals surface area contributed by atoms with E-state index in [2.05, 4.69) is 19.2 Å². The minimum atomic E-state index is -0.488. The Morgan fingerprint density at radius 1 is 1.12 bits per heavy atom. The van der Waals surface area contributed by atoms with Crippen molar-refractivity contribution in [3.05, 3.63) is 93.3 Å². The number of rotatable bonds is 5. The van der Waals surface area contributed by atoms with Crippen LogP contribution in [0.1, 0.15) is 50.7 Å². The Balaban J connectivity index is 1.67. The summed E-state index contributed by atoms with van der Waals surface area (Å²) < 4.78 is 5.69. The quantitative estimate of drug-likeness (QED) is 0.592. The molecule has 1 heterocycles. The lowest BCUT2D eigenvalue weighted by atomic mass is 9.68. The first-order valence-corrected chi connectivity index (χ1v) is 11.3. The molecule has 2 aromatic rings. The van der Waals surface area contributed by atoms with Gasteiger partial charge in [0.25, 0.3) is 0 Å². The van der Waals surface area contributed by atoms with Gasteiger partial charge >= 0.3 is 5.97 Å². The van der Waals surface area contributed by atoms with Crippen molar-refractivity contribution in [2.45, 2.75) is 46.0 Å². The Bertz CT molecular complexity index is 1110. The van der Waals surface area contributed by atoms with Crippen LogP contribution in [0.2, 0.25) is 5.02 Å². The number of benzene rings is 2. The van der Waals surface area contributed by atoms with Crippen molar-refractivity contribution < 1.29 is 14.3 Å². The highest BCUT2D eigenvalue weighted by Crippen LogP contribution is 2.47. The smallest absolute Gasteiger partial charge is 0.336 e. The normalized spacial score (nSPS) is 20.0. The first-order valence-electron chi connectivity index (χ1n) is 11.0. The molecule has 0 amide bonds. The molecule has 0 aromatic heterocycles. The van der Waals surface area contributed by atoms with Crippen LogP contribution in [0, 0.1) is 5.41 Å². The van der Waals surface area contributed by atoms with E-state index >= 15 is 0 Å². The molecule has 0 saturated heterocycles. The van der Waals surface area contributed by atoms with Crippen LogP contribution >= 0.6 is 11.6 Å². The number of allylic oxidation sites excluding steroid dienone is 3. The van der Waals surface area contributed by atoms with Crippen LogP contribution < -0.4 is 5.32 Å². The maximum Gasteiger partial charge on any atom is 0.336 e. The van der Waals surface area contributed by atoms with Crippen LogP contribution in [0.5, 0.6) is 0 Å². The number of esters is 1. The van der Waals surface area contributed by atoms with Crippen LogP contribution in [-0.4, -0.2) is 18.4 Å². The second-order valence-electron chi connectivity index (χ2n) is 9.36. The van der Waals surface area contributed by atoms with Gasteiger partial charge in [0.15, 0.2) is 5.78 Å². The molecule has 0 radical (unpaired) electrons. The lowest BCUT2D eigenvalue weighted by Crippen LogP contribution is -2.38. The molecule has 2 aliphatic rings. The Kier molecular flexibility index (Phi) is 6.25. The third-order valence-electron chi connectivity index (χ3n) is 6.11. The minimum absolute atomic E-state index is 0.0656. The predicted octanol–water partition coefficient (Wildman–Crippen LogP) is 5.73. The van der Waals surface area contributed by atoms with E-state index in [1.807, 2.05) is 55.5 Å². The largest absolute Gasteiger partial charge is 0.462 e. The molecule has 5 heteroatoms. The van der Waals surface area contributed by atoms with Gasteiger partial charge in [0.1, 0.15) is 0 Å². The summed E-state index contributed by atoms with van der Waals surface area (Å²) in [6, 6.07) is 17.3. The molecule has 166 valence electrons. The molecule has 1 aliphatic heterocycles. The topological polar surface area (TPSA) is 55.4 Å². The highest BCUT2D eigenvalue weighted by atomic mass is 35.5. The van der Waals surface area contributed by atoms with Crippen molar-refractivity contribution in [3.8, 4) is 0 Å². The number of hydrogen-bond acceptors (Lipinski definition) is 4. The maximum atomic E-state index is 13.3. The predicted molar refractivity (Wildman–Crippen MR) is 126 cm³/mol. The van der Waals surface area contributed by atoms with E-state index in [0.717, 1.165) is 28.9 Å². The van der Waals surface area contributed by atoms with E-state index in [4.69, 9.17) is 16.3 Å². The molecular weight excluding hydrogens is 422 g/mol. The fraction of sp³-hybridized carbons (Fsp3) is 0.333. The summed E-state index contributed by atoms with van der Waals surface area (Å²) >= 11 is 6.29. The number of halogens is 1. The van der Waals surface area contributed by atoms with Gasteiger partial charge in [-0.3, -0.25) is 4.79 Å².